The van der Waals surface area contributed by atoms with Gasteiger partial charge in [0, 0.05) is 38.0 Å². The van der Waals surface area contributed by atoms with Gasteiger partial charge in [-0.15, -0.1) is 0 Å². The van der Waals surface area contributed by atoms with E-state index in [9.17, 15) is 18.9 Å². The summed E-state index contributed by atoms with van der Waals surface area (Å²) in [4.78, 5) is 66.5. The van der Waals surface area contributed by atoms with Crippen molar-refractivity contribution >= 4 is 36.4 Å². The number of hydrogen-bond donors (Lipinski definition) is 2. The molecule has 12 nitrogen and oxygen atoms in total. The first kappa shape index (κ1) is 28.7. The number of aromatic nitrogens is 1. The van der Waals surface area contributed by atoms with E-state index in [1.807, 2.05) is 37.3 Å². The lowest BCUT2D eigenvalue weighted by atomic mass is 9.98. The van der Waals surface area contributed by atoms with E-state index in [1.165, 1.54) is 24.0 Å². The molecule has 216 valence electrons. The molecule has 2 aliphatic heterocycles. The van der Waals surface area contributed by atoms with E-state index in [0.29, 0.717) is 12.1 Å². The molecular formula is C28H32N5O7P. The summed E-state index contributed by atoms with van der Waals surface area (Å²) >= 11 is 0. The zero-order chi connectivity index (χ0) is 29.3. The SMILES string of the molecule is CCCN1CC(=O)N2[C@@H](Cc3ccc(OP(=O)(O)O)cc3)C(=O)N(Cc3cccc4cccnc34)C[C@@H]2N1C(C)=O. The number of carbonyl (C=O) groups is 3. The summed E-state index contributed by atoms with van der Waals surface area (Å²) in [5, 5.41) is 4.29. The van der Waals surface area contributed by atoms with E-state index in [1.54, 1.807) is 33.2 Å². The minimum absolute atomic E-state index is 0.0179. The summed E-state index contributed by atoms with van der Waals surface area (Å²) in [5.41, 5.74) is 2.29. The van der Waals surface area contributed by atoms with E-state index in [0.717, 1.165) is 22.9 Å². The summed E-state index contributed by atoms with van der Waals surface area (Å²) in [7, 11) is -4.72. The Balaban J connectivity index is 1.51. The summed E-state index contributed by atoms with van der Waals surface area (Å²) in [6, 6.07) is 14.7. The van der Waals surface area contributed by atoms with Gasteiger partial charge >= 0.3 is 7.82 Å². The number of rotatable bonds is 8. The van der Waals surface area contributed by atoms with Gasteiger partial charge in [0.25, 0.3) is 0 Å². The second kappa shape index (κ2) is 11.6. The van der Waals surface area contributed by atoms with Crippen molar-refractivity contribution in [2.45, 2.75) is 45.4 Å². The quantitative estimate of drug-likeness (QED) is 0.383. The number of benzene rings is 2. The van der Waals surface area contributed by atoms with Gasteiger partial charge in [-0.25, -0.2) is 9.57 Å². The van der Waals surface area contributed by atoms with Crippen molar-refractivity contribution in [1.82, 2.24) is 24.8 Å². The molecule has 13 heteroatoms. The van der Waals surface area contributed by atoms with Crippen LogP contribution in [0.5, 0.6) is 5.75 Å². The molecule has 0 bridgehead atoms. The maximum atomic E-state index is 14.1. The Morgan fingerprint density at radius 1 is 1.10 bits per heavy atom. The van der Waals surface area contributed by atoms with Gasteiger partial charge in [-0.1, -0.05) is 43.3 Å². The Morgan fingerprint density at radius 3 is 2.51 bits per heavy atom. The largest absolute Gasteiger partial charge is 0.524 e. The van der Waals surface area contributed by atoms with Crippen molar-refractivity contribution < 1.29 is 33.3 Å². The van der Waals surface area contributed by atoms with Gasteiger partial charge in [0.2, 0.25) is 17.7 Å². The number of piperazine rings is 1. The standard InChI is InChI=1S/C28H32N5O7P/c1-3-14-31-18-26(35)32-24(15-20-9-11-23(12-10-20)40-41(37,38)39)28(36)30(17-25(32)33(31)19(2)34)16-22-7-4-6-21-8-5-13-29-27(21)22/h4-13,24-25H,3,14-18H2,1-2H3,(H2,37,38,39)/t24-,25-/m0/s1. The molecule has 41 heavy (non-hydrogen) atoms. The average molecular weight is 582 g/mol. The number of para-hydroxylation sites is 1. The Kier molecular flexibility index (Phi) is 8.10. The molecule has 5 rings (SSSR count). The number of pyridine rings is 1. The molecule has 2 aliphatic rings. The first-order chi connectivity index (χ1) is 19.6. The van der Waals surface area contributed by atoms with E-state index in [4.69, 9.17) is 9.79 Å². The van der Waals surface area contributed by atoms with Gasteiger partial charge in [-0.05, 0) is 35.7 Å². The van der Waals surface area contributed by atoms with E-state index in [2.05, 4.69) is 9.51 Å². The lowest BCUT2D eigenvalue weighted by Crippen LogP contribution is -2.75. The summed E-state index contributed by atoms with van der Waals surface area (Å²) < 4.78 is 15.8. The number of phosphoric ester groups is 1. The third kappa shape index (κ3) is 6.11. The molecule has 0 unspecified atom stereocenters. The van der Waals surface area contributed by atoms with Crippen LogP contribution in [0.4, 0.5) is 0 Å². The average Bonchev–Trinajstić information content (AvgIpc) is 2.91. The molecule has 0 aliphatic carbocycles. The maximum Gasteiger partial charge on any atom is 0.524 e. The normalized spacial score (nSPS) is 20.0. The highest BCUT2D eigenvalue weighted by Gasteiger charge is 2.50. The Bertz CT molecular complexity index is 1510. The van der Waals surface area contributed by atoms with Gasteiger partial charge < -0.3 is 14.3 Å². The molecule has 0 radical (unpaired) electrons. The first-order valence-corrected chi connectivity index (χ1v) is 14.9. The third-order valence-electron chi connectivity index (χ3n) is 7.29. The molecule has 2 fully saturated rings. The summed E-state index contributed by atoms with van der Waals surface area (Å²) in [6.45, 7) is 4.32. The lowest BCUT2D eigenvalue weighted by molar-refractivity contribution is -0.205. The number of fused-ring (bicyclic) bond motifs is 2. The molecule has 2 atom stereocenters. The number of amides is 3. The number of hydrazine groups is 1. The molecule has 3 aromatic rings. The number of phosphoric acid groups is 1. The smallest absolute Gasteiger partial charge is 0.404 e. The lowest BCUT2D eigenvalue weighted by Gasteiger charge is -2.55. The van der Waals surface area contributed by atoms with E-state index >= 15 is 0 Å². The fourth-order valence-electron chi connectivity index (χ4n) is 5.68. The van der Waals surface area contributed by atoms with Gasteiger partial charge in [-0.2, -0.15) is 0 Å². The number of hydrogen-bond acceptors (Lipinski definition) is 7. The van der Waals surface area contributed by atoms with Gasteiger partial charge in [-0.3, -0.25) is 34.2 Å². The molecule has 0 saturated carbocycles. The predicted molar refractivity (Wildman–Crippen MR) is 149 cm³/mol. The second-order valence-electron chi connectivity index (χ2n) is 10.2. The molecule has 0 spiro atoms. The van der Waals surface area contributed by atoms with Gasteiger partial charge in [0.1, 0.15) is 18.0 Å². The van der Waals surface area contributed by atoms with Crippen LogP contribution < -0.4 is 4.52 Å². The van der Waals surface area contributed by atoms with Crippen molar-refractivity contribution in [2.24, 2.45) is 0 Å². The molecule has 2 N–H and O–H groups in total. The Labute approximate surface area is 237 Å². The van der Waals surface area contributed by atoms with Crippen LogP contribution in [0.3, 0.4) is 0 Å². The van der Waals surface area contributed by atoms with Gasteiger partial charge in [0.15, 0.2) is 0 Å². The van der Waals surface area contributed by atoms with Crippen LogP contribution in [0.15, 0.2) is 60.8 Å². The van der Waals surface area contributed by atoms with Crippen molar-refractivity contribution in [3.05, 3.63) is 71.9 Å². The Hall–Kier alpha value is -3.83. The van der Waals surface area contributed by atoms with Crippen molar-refractivity contribution in [3.8, 4) is 5.75 Å². The monoisotopic (exact) mass is 581 g/mol. The molecule has 3 amide bonds. The molecule has 1 aromatic heterocycles. The topological polar surface area (TPSA) is 144 Å². The highest BCUT2D eigenvalue weighted by Crippen LogP contribution is 2.37. The van der Waals surface area contributed by atoms with Crippen molar-refractivity contribution in [2.75, 3.05) is 19.6 Å². The minimum atomic E-state index is -4.72. The molecule has 3 heterocycles. The summed E-state index contributed by atoms with van der Waals surface area (Å²) in [6.07, 6.45) is 1.89. The van der Waals surface area contributed by atoms with Crippen LogP contribution in [0.2, 0.25) is 0 Å². The first-order valence-electron chi connectivity index (χ1n) is 13.4. The van der Waals surface area contributed by atoms with Crippen molar-refractivity contribution in [3.63, 3.8) is 0 Å². The molecular weight excluding hydrogens is 549 g/mol. The predicted octanol–water partition coefficient (Wildman–Crippen LogP) is 2.30. The van der Waals surface area contributed by atoms with Crippen molar-refractivity contribution in [1.29, 1.82) is 0 Å². The van der Waals surface area contributed by atoms with Crippen LogP contribution in [-0.2, 0) is 31.9 Å². The number of nitrogens with zero attached hydrogens (tertiary/aromatic N) is 5. The van der Waals surface area contributed by atoms with Gasteiger partial charge in [0.05, 0.1) is 18.6 Å². The van der Waals surface area contributed by atoms with Crippen LogP contribution in [0.1, 0.15) is 31.4 Å². The Morgan fingerprint density at radius 2 is 1.83 bits per heavy atom. The highest BCUT2D eigenvalue weighted by molar-refractivity contribution is 7.46. The number of carbonyl (C=O) groups excluding carboxylic acids is 3. The van der Waals surface area contributed by atoms with Crippen LogP contribution in [-0.4, -0.2) is 84.2 Å². The van der Waals surface area contributed by atoms with E-state index < -0.39 is 20.0 Å². The fraction of sp³-hybridized carbons (Fsp3) is 0.357. The third-order valence-corrected chi connectivity index (χ3v) is 7.74. The zero-order valence-electron chi connectivity index (χ0n) is 22.8. The highest BCUT2D eigenvalue weighted by atomic mass is 31.2. The maximum absolute atomic E-state index is 14.1. The minimum Gasteiger partial charge on any atom is -0.404 e. The van der Waals surface area contributed by atoms with Crippen LogP contribution in [0.25, 0.3) is 10.9 Å². The van der Waals surface area contributed by atoms with Crippen LogP contribution >= 0.6 is 7.82 Å². The molecule has 2 saturated heterocycles. The zero-order valence-corrected chi connectivity index (χ0v) is 23.7. The molecule has 2 aromatic carbocycles. The van der Waals surface area contributed by atoms with Crippen LogP contribution in [0, 0.1) is 0 Å². The summed E-state index contributed by atoms with van der Waals surface area (Å²) in [5.74, 6) is -0.746. The van der Waals surface area contributed by atoms with E-state index in [-0.39, 0.29) is 49.5 Å². The fourth-order valence-corrected chi connectivity index (χ4v) is 6.08. The second-order valence-corrected chi connectivity index (χ2v) is 11.4.